The molecule has 0 saturated heterocycles. The van der Waals surface area contributed by atoms with Gasteiger partial charge in [-0.15, -0.1) is 4.48 Å². The van der Waals surface area contributed by atoms with Crippen LogP contribution in [0.4, 0.5) is 55.4 Å². The Balaban J connectivity index is 3.93. The lowest BCUT2D eigenvalue weighted by molar-refractivity contribution is -0.163. The molecule has 0 aromatic heterocycles. The van der Waals surface area contributed by atoms with Crippen molar-refractivity contribution in [1.29, 1.82) is 0 Å². The molecule has 0 bridgehead atoms. The van der Waals surface area contributed by atoms with Gasteiger partial charge in [0.1, 0.15) is 5.69 Å². The summed E-state index contributed by atoms with van der Waals surface area (Å²) in [5.41, 5.74) is -6.71. The number of rotatable bonds is 1. The van der Waals surface area contributed by atoms with Gasteiger partial charge in [-0.05, 0) is 6.07 Å². The Morgan fingerprint density at radius 1 is 0.762 bits per heavy atom. The predicted molar refractivity (Wildman–Crippen MR) is 50.6 cm³/mol. The predicted octanol–water partition coefficient (Wildman–Crippen LogP) is 4.62. The standard InChI is InChI=1S/C9H4F10N2/c10-7(11,12)2-1-3(8(13,14)15)5(20)6(21-19)4(2)9(16,17)18/h1,21H,20H2. The summed E-state index contributed by atoms with van der Waals surface area (Å²) in [6.07, 6.45) is -17.1. The van der Waals surface area contributed by atoms with Crippen LogP contribution in [0.5, 0.6) is 0 Å². The van der Waals surface area contributed by atoms with Crippen LogP contribution in [0.3, 0.4) is 0 Å². The zero-order valence-electron chi connectivity index (χ0n) is 9.43. The van der Waals surface area contributed by atoms with E-state index in [9.17, 15) is 44.0 Å². The van der Waals surface area contributed by atoms with Crippen molar-refractivity contribution in [1.82, 2.24) is 0 Å². The van der Waals surface area contributed by atoms with Gasteiger partial charge in [-0.3, -0.25) is 0 Å². The van der Waals surface area contributed by atoms with Crippen LogP contribution in [0.15, 0.2) is 6.07 Å². The molecule has 0 radical (unpaired) electrons. The average Bonchev–Trinajstić information content (AvgIpc) is 2.23. The summed E-state index contributed by atoms with van der Waals surface area (Å²) in [5.74, 6) is 0. The number of anilines is 2. The summed E-state index contributed by atoms with van der Waals surface area (Å²) in [4.78, 5) is 0. The van der Waals surface area contributed by atoms with E-state index >= 15 is 0 Å². The molecule has 1 aromatic rings. The van der Waals surface area contributed by atoms with Crippen LogP contribution in [0, 0.1) is 0 Å². The van der Waals surface area contributed by atoms with Crippen molar-refractivity contribution in [2.75, 3.05) is 11.3 Å². The SMILES string of the molecule is Nc1c(C(F)(F)F)cc(C(F)(F)F)c(C(F)(F)F)c1NF. The van der Waals surface area contributed by atoms with E-state index in [1.807, 2.05) is 0 Å². The molecule has 0 aliphatic carbocycles. The molecule has 12 heteroatoms. The summed E-state index contributed by atoms with van der Waals surface area (Å²) >= 11 is 0. The van der Waals surface area contributed by atoms with Gasteiger partial charge in [-0.2, -0.15) is 39.5 Å². The fourth-order valence-electron chi connectivity index (χ4n) is 1.55. The molecule has 0 heterocycles. The van der Waals surface area contributed by atoms with Gasteiger partial charge in [0.15, 0.2) is 0 Å². The van der Waals surface area contributed by atoms with Gasteiger partial charge in [0, 0.05) is 0 Å². The first-order chi connectivity index (χ1) is 9.21. The van der Waals surface area contributed by atoms with E-state index in [0.29, 0.717) is 0 Å². The Bertz CT molecular complexity index is 539. The largest absolute Gasteiger partial charge is 0.419 e. The van der Waals surface area contributed by atoms with Crippen molar-refractivity contribution in [3.63, 3.8) is 0 Å². The topological polar surface area (TPSA) is 38.0 Å². The van der Waals surface area contributed by atoms with Gasteiger partial charge >= 0.3 is 18.5 Å². The lowest BCUT2D eigenvalue weighted by Crippen LogP contribution is -2.22. The molecular weight excluding hydrogens is 326 g/mol. The summed E-state index contributed by atoms with van der Waals surface area (Å²) in [7, 11) is 0. The third-order valence-corrected chi connectivity index (χ3v) is 2.36. The number of alkyl halides is 9. The molecule has 0 aliphatic rings. The molecule has 0 unspecified atom stereocenters. The molecular formula is C9H4F10N2. The van der Waals surface area contributed by atoms with Gasteiger partial charge in [-0.1, -0.05) is 0 Å². The number of benzene rings is 1. The minimum absolute atomic E-state index is 0.150. The van der Waals surface area contributed by atoms with Crippen molar-refractivity contribution in [3.8, 4) is 0 Å². The van der Waals surface area contributed by atoms with Crippen molar-refractivity contribution < 1.29 is 44.0 Å². The fourth-order valence-corrected chi connectivity index (χ4v) is 1.55. The van der Waals surface area contributed by atoms with Crippen LogP contribution >= 0.6 is 0 Å². The third kappa shape index (κ3) is 3.24. The number of nitrogens with one attached hydrogen (secondary N) is 1. The Morgan fingerprint density at radius 3 is 1.48 bits per heavy atom. The number of hydrogen-bond acceptors (Lipinski definition) is 2. The second-order valence-electron chi connectivity index (χ2n) is 3.72. The maximum Gasteiger partial charge on any atom is 0.419 e. The van der Waals surface area contributed by atoms with Gasteiger partial charge in [0.25, 0.3) is 0 Å². The van der Waals surface area contributed by atoms with Crippen molar-refractivity contribution in [3.05, 3.63) is 22.8 Å². The molecule has 120 valence electrons. The zero-order chi connectivity index (χ0) is 16.8. The summed E-state index contributed by atoms with van der Waals surface area (Å²) in [6.45, 7) is 0. The van der Waals surface area contributed by atoms with E-state index in [1.165, 1.54) is 0 Å². The Hall–Kier alpha value is -1.88. The van der Waals surface area contributed by atoms with Crippen molar-refractivity contribution in [2.45, 2.75) is 18.5 Å². The molecule has 0 aliphatic heterocycles. The van der Waals surface area contributed by atoms with Crippen LogP contribution in [-0.4, -0.2) is 0 Å². The highest BCUT2D eigenvalue weighted by Gasteiger charge is 2.49. The smallest absolute Gasteiger partial charge is 0.396 e. The fraction of sp³-hybridized carbons (Fsp3) is 0.333. The average molecular weight is 330 g/mol. The van der Waals surface area contributed by atoms with Crippen molar-refractivity contribution >= 4 is 11.4 Å². The van der Waals surface area contributed by atoms with Crippen LogP contribution < -0.4 is 11.3 Å². The van der Waals surface area contributed by atoms with Crippen LogP contribution in [0.25, 0.3) is 0 Å². The van der Waals surface area contributed by atoms with Crippen LogP contribution in [0.1, 0.15) is 16.7 Å². The van der Waals surface area contributed by atoms with E-state index in [-0.39, 0.29) is 5.54 Å². The van der Waals surface area contributed by atoms with E-state index < -0.39 is 52.7 Å². The molecule has 21 heavy (non-hydrogen) atoms. The third-order valence-electron chi connectivity index (χ3n) is 2.36. The highest BCUT2D eigenvalue weighted by Crippen LogP contribution is 2.50. The number of nitrogen functional groups attached to an aromatic ring is 1. The maximum absolute atomic E-state index is 12.6. The summed E-state index contributed by atoms with van der Waals surface area (Å²) < 4.78 is 125. The van der Waals surface area contributed by atoms with Crippen LogP contribution in [0.2, 0.25) is 0 Å². The zero-order valence-corrected chi connectivity index (χ0v) is 9.43. The van der Waals surface area contributed by atoms with Gasteiger partial charge < -0.3 is 5.73 Å². The minimum atomic E-state index is -5.80. The highest BCUT2D eigenvalue weighted by molar-refractivity contribution is 5.76. The molecule has 3 N–H and O–H groups in total. The lowest BCUT2D eigenvalue weighted by atomic mass is 9.98. The number of halogens is 10. The lowest BCUT2D eigenvalue weighted by Gasteiger charge is -2.22. The highest BCUT2D eigenvalue weighted by atomic mass is 19.4. The first-order valence-corrected chi connectivity index (χ1v) is 4.76. The van der Waals surface area contributed by atoms with Crippen LogP contribution in [-0.2, 0) is 18.5 Å². The quantitative estimate of drug-likeness (QED) is 0.448. The second-order valence-corrected chi connectivity index (χ2v) is 3.72. The summed E-state index contributed by atoms with van der Waals surface area (Å²) in [5, 5.41) is 0. The molecule has 2 nitrogen and oxygen atoms in total. The molecule has 0 fully saturated rings. The first-order valence-electron chi connectivity index (χ1n) is 4.76. The summed E-state index contributed by atoms with van der Waals surface area (Å²) in [6, 6.07) is -0.807. The Morgan fingerprint density at radius 2 is 1.19 bits per heavy atom. The number of hydrogen-bond donors (Lipinski definition) is 2. The minimum Gasteiger partial charge on any atom is -0.396 e. The molecule has 0 atom stereocenters. The first kappa shape index (κ1) is 17.2. The normalized spacial score (nSPS) is 13.4. The molecule has 1 rings (SSSR count). The van der Waals surface area contributed by atoms with Gasteiger partial charge in [0.05, 0.1) is 22.4 Å². The molecule has 0 spiro atoms. The van der Waals surface area contributed by atoms with E-state index in [2.05, 4.69) is 0 Å². The molecule has 0 amide bonds. The molecule has 0 saturated carbocycles. The Kier molecular flexibility index (Phi) is 3.96. The van der Waals surface area contributed by atoms with E-state index in [1.54, 1.807) is 0 Å². The van der Waals surface area contributed by atoms with Gasteiger partial charge in [0.2, 0.25) is 0 Å². The number of nitrogens with two attached hydrogens (primary N) is 1. The second kappa shape index (κ2) is 4.84. The maximum atomic E-state index is 12.6. The van der Waals surface area contributed by atoms with E-state index in [0.717, 1.165) is 0 Å². The molecule has 1 aromatic carbocycles. The monoisotopic (exact) mass is 330 g/mol. The van der Waals surface area contributed by atoms with Crippen molar-refractivity contribution in [2.24, 2.45) is 0 Å². The Labute approximate surface area is 109 Å². The van der Waals surface area contributed by atoms with E-state index in [4.69, 9.17) is 5.73 Å². The van der Waals surface area contributed by atoms with Gasteiger partial charge in [-0.25, -0.2) is 5.54 Å².